The number of thiophene rings is 1. The minimum atomic E-state index is -5.63. The van der Waals surface area contributed by atoms with Crippen LogP contribution in [0.4, 0.5) is 24.5 Å². The molecule has 1 amide bonds. The molecule has 1 saturated heterocycles. The summed E-state index contributed by atoms with van der Waals surface area (Å²) in [5.74, 6) is 0.116. The summed E-state index contributed by atoms with van der Waals surface area (Å²) in [7, 11) is -5.63. The highest BCUT2D eigenvalue weighted by atomic mass is 32.2. The normalized spacial score (nSPS) is 14.9. The summed E-state index contributed by atoms with van der Waals surface area (Å²) in [4.78, 5) is 19.7. The molecule has 12 heteroatoms. The minimum Gasteiger partial charge on any atom is -0.379 e. The van der Waals surface area contributed by atoms with Crippen molar-refractivity contribution in [2.75, 3.05) is 23.1 Å². The smallest absolute Gasteiger partial charge is 0.379 e. The molecule has 0 unspecified atom stereocenters. The van der Waals surface area contributed by atoms with E-state index in [9.17, 15) is 26.4 Å². The molecule has 3 heterocycles. The number of piperidine rings is 1. The van der Waals surface area contributed by atoms with E-state index in [2.05, 4.69) is 22.4 Å². The summed E-state index contributed by atoms with van der Waals surface area (Å²) >= 11 is 1.01. The van der Waals surface area contributed by atoms with Gasteiger partial charge in [0.1, 0.15) is 5.52 Å². The maximum atomic E-state index is 13.7. The Morgan fingerprint density at radius 2 is 1.67 bits per heavy atom. The fourth-order valence-corrected chi connectivity index (χ4v) is 6.30. The molecular weight excluding hydrogens is 549 g/mol. The Bertz CT molecular complexity index is 1570. The van der Waals surface area contributed by atoms with Gasteiger partial charge in [0, 0.05) is 31.2 Å². The summed E-state index contributed by atoms with van der Waals surface area (Å²) in [6.45, 7) is 1.45. The van der Waals surface area contributed by atoms with Crippen LogP contribution in [0.3, 0.4) is 0 Å². The first-order chi connectivity index (χ1) is 18.6. The zero-order valence-electron chi connectivity index (χ0n) is 20.6. The standard InChI is InChI=1S/C27H25F3N4O3S2/c28-27(29,30)39(36,37)33-22-17-38-25-23(31-15-18-7-3-1-4-8-18)21(16-32-24(22)25)26(35)34-13-11-20(12-14-34)19-9-5-2-6-10-19/h1-10,16-17,20,33H,11-15H2,(H,31,32). The van der Waals surface area contributed by atoms with Crippen molar-refractivity contribution < 1.29 is 26.4 Å². The van der Waals surface area contributed by atoms with E-state index in [-0.39, 0.29) is 22.7 Å². The van der Waals surface area contributed by atoms with Crippen molar-refractivity contribution in [3.8, 4) is 0 Å². The monoisotopic (exact) mass is 574 g/mol. The van der Waals surface area contributed by atoms with Gasteiger partial charge < -0.3 is 10.2 Å². The number of pyridine rings is 1. The molecule has 204 valence electrons. The predicted molar refractivity (Wildman–Crippen MR) is 146 cm³/mol. The largest absolute Gasteiger partial charge is 0.516 e. The third-order valence-electron chi connectivity index (χ3n) is 6.73. The van der Waals surface area contributed by atoms with Crippen molar-refractivity contribution in [1.82, 2.24) is 9.88 Å². The van der Waals surface area contributed by atoms with Gasteiger partial charge in [-0.2, -0.15) is 21.6 Å². The molecule has 2 N–H and O–H groups in total. The van der Waals surface area contributed by atoms with E-state index in [1.807, 2.05) is 48.5 Å². The summed E-state index contributed by atoms with van der Waals surface area (Å²) in [5.41, 5.74) is -2.88. The third kappa shape index (κ3) is 5.71. The topological polar surface area (TPSA) is 91.4 Å². The van der Waals surface area contributed by atoms with Gasteiger partial charge >= 0.3 is 15.5 Å². The Kier molecular flexibility index (Phi) is 7.50. The molecule has 0 spiro atoms. The average molecular weight is 575 g/mol. The average Bonchev–Trinajstić information content (AvgIpc) is 3.34. The number of sulfonamides is 1. The molecule has 2 aromatic heterocycles. The Labute approximate surface area is 227 Å². The number of anilines is 2. The SMILES string of the molecule is O=C(c1cnc2c(NS(=O)(=O)C(F)(F)F)csc2c1NCc1ccccc1)N1CCC(c2ccccc2)CC1. The van der Waals surface area contributed by atoms with Crippen LogP contribution in [0.5, 0.6) is 0 Å². The first-order valence-corrected chi connectivity index (χ1v) is 14.6. The first-order valence-electron chi connectivity index (χ1n) is 12.3. The third-order valence-corrected chi connectivity index (χ3v) is 8.81. The molecule has 2 aromatic carbocycles. The number of hydrogen-bond donors (Lipinski definition) is 2. The van der Waals surface area contributed by atoms with Gasteiger partial charge in [-0.15, -0.1) is 11.3 Å². The molecule has 5 rings (SSSR count). The van der Waals surface area contributed by atoms with E-state index in [1.165, 1.54) is 17.1 Å². The van der Waals surface area contributed by atoms with Gasteiger partial charge in [0.2, 0.25) is 0 Å². The van der Waals surface area contributed by atoms with Crippen molar-refractivity contribution >= 4 is 48.9 Å². The van der Waals surface area contributed by atoms with Gasteiger partial charge in [-0.1, -0.05) is 60.7 Å². The molecule has 1 fully saturated rings. The Morgan fingerprint density at radius 3 is 2.31 bits per heavy atom. The molecule has 0 aliphatic carbocycles. The molecule has 39 heavy (non-hydrogen) atoms. The second kappa shape index (κ2) is 10.9. The maximum Gasteiger partial charge on any atom is 0.516 e. The number of likely N-dealkylation sites (tertiary alicyclic amines) is 1. The van der Waals surface area contributed by atoms with E-state index in [0.29, 0.717) is 35.9 Å². The second-order valence-electron chi connectivity index (χ2n) is 9.24. The van der Waals surface area contributed by atoms with Crippen LogP contribution in [-0.4, -0.2) is 42.8 Å². The fraction of sp³-hybridized carbons (Fsp3) is 0.259. The van der Waals surface area contributed by atoms with Crippen LogP contribution in [0.25, 0.3) is 10.2 Å². The molecule has 0 atom stereocenters. The van der Waals surface area contributed by atoms with Crippen LogP contribution in [0.15, 0.2) is 72.2 Å². The Morgan fingerprint density at radius 1 is 1.03 bits per heavy atom. The number of aromatic nitrogens is 1. The number of benzene rings is 2. The number of nitrogens with one attached hydrogen (secondary N) is 2. The molecule has 1 aliphatic rings. The zero-order valence-corrected chi connectivity index (χ0v) is 22.2. The predicted octanol–water partition coefficient (Wildman–Crippen LogP) is 6.19. The number of halogens is 3. The Balaban J connectivity index is 1.45. The van der Waals surface area contributed by atoms with Crippen LogP contribution in [0.1, 0.15) is 40.2 Å². The number of alkyl halides is 3. The Hall–Kier alpha value is -3.64. The van der Waals surface area contributed by atoms with Crippen LogP contribution < -0.4 is 10.0 Å². The summed E-state index contributed by atoms with van der Waals surface area (Å²) in [6, 6.07) is 19.6. The van der Waals surface area contributed by atoms with Crippen molar-refractivity contribution in [2.45, 2.75) is 30.8 Å². The summed E-state index contributed by atoms with van der Waals surface area (Å²) < 4.78 is 64.4. The van der Waals surface area contributed by atoms with Crippen molar-refractivity contribution in [3.05, 3.63) is 88.9 Å². The fourth-order valence-electron chi connectivity index (χ4n) is 4.68. The number of amides is 1. The van der Waals surface area contributed by atoms with E-state index < -0.39 is 15.5 Å². The van der Waals surface area contributed by atoms with Gasteiger partial charge in [-0.05, 0) is 29.9 Å². The number of carbonyl (C=O) groups is 1. The second-order valence-corrected chi connectivity index (χ2v) is 11.8. The van der Waals surface area contributed by atoms with Gasteiger partial charge in [-0.25, -0.2) is 0 Å². The van der Waals surface area contributed by atoms with Crippen LogP contribution >= 0.6 is 11.3 Å². The van der Waals surface area contributed by atoms with Crippen molar-refractivity contribution in [2.24, 2.45) is 0 Å². The van der Waals surface area contributed by atoms with E-state index in [0.717, 1.165) is 29.7 Å². The lowest BCUT2D eigenvalue weighted by Crippen LogP contribution is -2.38. The first kappa shape index (κ1) is 26.9. The molecule has 1 aliphatic heterocycles. The lowest BCUT2D eigenvalue weighted by atomic mass is 9.89. The van der Waals surface area contributed by atoms with E-state index in [1.54, 1.807) is 9.62 Å². The maximum absolute atomic E-state index is 13.7. The molecule has 4 aromatic rings. The van der Waals surface area contributed by atoms with E-state index in [4.69, 9.17) is 0 Å². The molecule has 0 saturated carbocycles. The summed E-state index contributed by atoms with van der Waals surface area (Å²) in [5, 5.41) is 4.52. The van der Waals surface area contributed by atoms with Crippen LogP contribution in [0.2, 0.25) is 0 Å². The molecule has 7 nitrogen and oxygen atoms in total. The van der Waals surface area contributed by atoms with Crippen molar-refractivity contribution in [3.63, 3.8) is 0 Å². The van der Waals surface area contributed by atoms with Gasteiger partial charge in [0.25, 0.3) is 5.91 Å². The van der Waals surface area contributed by atoms with Crippen LogP contribution in [0, 0.1) is 0 Å². The molecule has 0 bridgehead atoms. The van der Waals surface area contributed by atoms with Gasteiger partial charge in [0.05, 0.1) is 21.6 Å². The number of rotatable bonds is 7. The van der Waals surface area contributed by atoms with Gasteiger partial charge in [0.15, 0.2) is 0 Å². The quantitative estimate of drug-likeness (QED) is 0.275. The number of hydrogen-bond acceptors (Lipinski definition) is 6. The van der Waals surface area contributed by atoms with Gasteiger partial charge in [-0.3, -0.25) is 14.5 Å². The zero-order chi connectivity index (χ0) is 27.6. The molecule has 0 radical (unpaired) electrons. The van der Waals surface area contributed by atoms with E-state index >= 15 is 0 Å². The summed E-state index contributed by atoms with van der Waals surface area (Å²) in [6.07, 6.45) is 2.92. The number of carbonyl (C=O) groups excluding carboxylic acids is 1. The van der Waals surface area contributed by atoms with Crippen molar-refractivity contribution in [1.29, 1.82) is 0 Å². The number of nitrogens with zero attached hydrogens (tertiary/aromatic N) is 2. The van der Waals surface area contributed by atoms with Crippen LogP contribution in [-0.2, 0) is 16.6 Å². The minimum absolute atomic E-state index is 0.0303. The highest BCUT2D eigenvalue weighted by molar-refractivity contribution is 7.93. The lowest BCUT2D eigenvalue weighted by Gasteiger charge is -2.32. The lowest BCUT2D eigenvalue weighted by molar-refractivity contribution is -0.0429. The number of fused-ring (bicyclic) bond motifs is 1. The highest BCUT2D eigenvalue weighted by Gasteiger charge is 2.46. The molecular formula is C27H25F3N4O3S2. The highest BCUT2D eigenvalue weighted by Crippen LogP contribution is 2.39.